The van der Waals surface area contributed by atoms with Crippen LogP contribution in [0.1, 0.15) is 31.9 Å². The fourth-order valence-corrected chi connectivity index (χ4v) is 2.38. The highest BCUT2D eigenvalue weighted by molar-refractivity contribution is 9.10. The summed E-state index contributed by atoms with van der Waals surface area (Å²) < 4.78 is 12.7. The van der Waals surface area contributed by atoms with Crippen LogP contribution in [0.4, 0.5) is 0 Å². The van der Waals surface area contributed by atoms with Crippen molar-refractivity contribution in [3.05, 3.63) is 34.3 Å². The summed E-state index contributed by atoms with van der Waals surface area (Å²) in [6, 6.07) is 8.82. The van der Waals surface area contributed by atoms with Crippen LogP contribution in [0.3, 0.4) is 0 Å². The minimum absolute atomic E-state index is 0.0854. The van der Waals surface area contributed by atoms with Crippen molar-refractivity contribution < 1.29 is 9.47 Å². The highest BCUT2D eigenvalue weighted by Gasteiger charge is 2.22. The van der Waals surface area contributed by atoms with E-state index >= 15 is 0 Å². The van der Waals surface area contributed by atoms with Crippen molar-refractivity contribution in [3.63, 3.8) is 0 Å². The van der Waals surface area contributed by atoms with Gasteiger partial charge in [-0.1, -0.05) is 41.9 Å². The standard InChI is InChI=1S/C15H22BrNO2/c1-11(2)17-9-15(19-14-7-8-18-10-14)12-3-5-13(16)6-4-12/h3-6,11,14-15,17H,7-10H2,1-2H3. The Kier molecular flexibility index (Phi) is 5.82. The Morgan fingerprint density at radius 2 is 2.11 bits per heavy atom. The molecular formula is C15H22BrNO2. The molecule has 0 radical (unpaired) electrons. The van der Waals surface area contributed by atoms with Crippen molar-refractivity contribution in [2.45, 2.75) is 38.5 Å². The molecule has 1 aliphatic heterocycles. The van der Waals surface area contributed by atoms with Crippen molar-refractivity contribution in [2.75, 3.05) is 19.8 Å². The normalized spacial score (nSPS) is 20.9. The van der Waals surface area contributed by atoms with Crippen LogP contribution in [-0.4, -0.2) is 31.9 Å². The molecule has 0 bridgehead atoms. The van der Waals surface area contributed by atoms with E-state index < -0.39 is 0 Å². The van der Waals surface area contributed by atoms with E-state index in [0.29, 0.717) is 12.6 Å². The predicted molar refractivity (Wildman–Crippen MR) is 80.3 cm³/mol. The fraction of sp³-hybridized carbons (Fsp3) is 0.600. The first-order valence-corrected chi connectivity index (χ1v) is 7.66. The van der Waals surface area contributed by atoms with Crippen LogP contribution < -0.4 is 5.32 Å². The summed E-state index contributed by atoms with van der Waals surface area (Å²) in [7, 11) is 0. The Bertz CT molecular complexity index is 374. The molecule has 2 unspecified atom stereocenters. The number of halogens is 1. The van der Waals surface area contributed by atoms with Crippen LogP contribution in [0, 0.1) is 0 Å². The number of benzene rings is 1. The van der Waals surface area contributed by atoms with Crippen molar-refractivity contribution in [3.8, 4) is 0 Å². The Morgan fingerprint density at radius 3 is 2.68 bits per heavy atom. The Balaban J connectivity index is 2.01. The van der Waals surface area contributed by atoms with Gasteiger partial charge in [-0.15, -0.1) is 0 Å². The molecule has 19 heavy (non-hydrogen) atoms. The number of rotatable bonds is 6. The monoisotopic (exact) mass is 327 g/mol. The van der Waals surface area contributed by atoms with Crippen molar-refractivity contribution in [2.24, 2.45) is 0 Å². The molecule has 0 saturated carbocycles. The van der Waals surface area contributed by atoms with Gasteiger partial charge in [0.25, 0.3) is 0 Å². The van der Waals surface area contributed by atoms with Gasteiger partial charge in [0.2, 0.25) is 0 Å². The van der Waals surface area contributed by atoms with Crippen LogP contribution in [0.25, 0.3) is 0 Å². The molecule has 2 rings (SSSR count). The third-order valence-electron chi connectivity index (χ3n) is 3.20. The minimum atomic E-state index is 0.0854. The van der Waals surface area contributed by atoms with E-state index in [1.165, 1.54) is 5.56 Å². The van der Waals surface area contributed by atoms with Gasteiger partial charge in [-0.25, -0.2) is 0 Å². The summed E-state index contributed by atoms with van der Waals surface area (Å²) in [5.74, 6) is 0. The SMILES string of the molecule is CC(C)NCC(OC1CCOC1)c1ccc(Br)cc1. The zero-order valence-corrected chi connectivity index (χ0v) is 13.2. The molecule has 106 valence electrons. The van der Waals surface area contributed by atoms with Gasteiger partial charge < -0.3 is 14.8 Å². The summed E-state index contributed by atoms with van der Waals surface area (Å²) in [6.07, 6.45) is 1.30. The van der Waals surface area contributed by atoms with Crippen LogP contribution >= 0.6 is 15.9 Å². The van der Waals surface area contributed by atoms with Gasteiger partial charge in [-0.3, -0.25) is 0 Å². The van der Waals surface area contributed by atoms with Crippen molar-refractivity contribution in [1.82, 2.24) is 5.32 Å². The number of nitrogens with one attached hydrogen (secondary N) is 1. The Labute approximate surface area is 123 Å². The molecule has 4 heteroatoms. The maximum absolute atomic E-state index is 6.18. The molecule has 1 N–H and O–H groups in total. The summed E-state index contributed by atoms with van der Waals surface area (Å²) in [5.41, 5.74) is 1.21. The molecule has 1 aromatic rings. The second-order valence-corrected chi connectivity index (χ2v) is 6.14. The molecule has 0 spiro atoms. The molecule has 1 saturated heterocycles. The quantitative estimate of drug-likeness (QED) is 0.869. The van der Waals surface area contributed by atoms with Crippen LogP contribution in [0.15, 0.2) is 28.7 Å². The van der Waals surface area contributed by atoms with Crippen molar-refractivity contribution >= 4 is 15.9 Å². The van der Waals surface area contributed by atoms with Gasteiger partial charge in [0, 0.05) is 23.7 Å². The third kappa shape index (κ3) is 4.88. The average Bonchev–Trinajstić information content (AvgIpc) is 2.88. The topological polar surface area (TPSA) is 30.5 Å². The third-order valence-corrected chi connectivity index (χ3v) is 3.73. The van der Waals surface area contributed by atoms with Crippen LogP contribution in [0.5, 0.6) is 0 Å². The van der Waals surface area contributed by atoms with E-state index in [4.69, 9.17) is 9.47 Å². The molecule has 1 fully saturated rings. The predicted octanol–water partition coefficient (Wildman–Crippen LogP) is 3.29. The summed E-state index contributed by atoms with van der Waals surface area (Å²) in [4.78, 5) is 0. The van der Waals surface area contributed by atoms with Crippen LogP contribution in [0.2, 0.25) is 0 Å². The lowest BCUT2D eigenvalue weighted by Gasteiger charge is -2.23. The highest BCUT2D eigenvalue weighted by atomic mass is 79.9. The first-order valence-electron chi connectivity index (χ1n) is 6.87. The molecule has 1 heterocycles. The first-order chi connectivity index (χ1) is 9.15. The summed E-state index contributed by atoms with van der Waals surface area (Å²) in [5, 5.41) is 3.46. The van der Waals surface area contributed by atoms with Crippen molar-refractivity contribution in [1.29, 1.82) is 0 Å². The molecule has 1 aromatic carbocycles. The number of hydrogen-bond acceptors (Lipinski definition) is 3. The van der Waals surface area contributed by atoms with Crippen LogP contribution in [-0.2, 0) is 9.47 Å². The second kappa shape index (κ2) is 7.39. The van der Waals surface area contributed by atoms with E-state index in [0.717, 1.165) is 24.0 Å². The fourth-order valence-electron chi connectivity index (χ4n) is 2.12. The summed E-state index contributed by atoms with van der Waals surface area (Å²) >= 11 is 3.47. The lowest BCUT2D eigenvalue weighted by atomic mass is 10.1. The molecular weight excluding hydrogens is 306 g/mol. The van der Waals surface area contributed by atoms with E-state index in [1.807, 2.05) is 0 Å². The largest absolute Gasteiger partial charge is 0.379 e. The van der Waals surface area contributed by atoms with Gasteiger partial charge in [-0.05, 0) is 24.1 Å². The van der Waals surface area contributed by atoms with Gasteiger partial charge in [0.05, 0.1) is 18.8 Å². The Morgan fingerprint density at radius 1 is 1.37 bits per heavy atom. The number of hydrogen-bond donors (Lipinski definition) is 1. The maximum Gasteiger partial charge on any atom is 0.0954 e. The molecule has 3 nitrogen and oxygen atoms in total. The molecule has 0 aromatic heterocycles. The molecule has 0 aliphatic carbocycles. The van der Waals surface area contributed by atoms with Gasteiger partial charge in [0.15, 0.2) is 0 Å². The highest BCUT2D eigenvalue weighted by Crippen LogP contribution is 2.23. The van der Waals surface area contributed by atoms with Gasteiger partial charge in [-0.2, -0.15) is 0 Å². The zero-order chi connectivity index (χ0) is 13.7. The second-order valence-electron chi connectivity index (χ2n) is 5.22. The average molecular weight is 328 g/mol. The smallest absolute Gasteiger partial charge is 0.0954 e. The molecule has 2 atom stereocenters. The number of ether oxygens (including phenoxy) is 2. The van der Waals surface area contributed by atoms with Gasteiger partial charge in [0.1, 0.15) is 0 Å². The summed E-state index contributed by atoms with van der Waals surface area (Å²) in [6.45, 7) is 6.66. The van der Waals surface area contributed by atoms with E-state index in [2.05, 4.69) is 59.4 Å². The molecule has 1 aliphatic rings. The Hall–Kier alpha value is -0.420. The lowest BCUT2D eigenvalue weighted by molar-refractivity contribution is -0.0172. The minimum Gasteiger partial charge on any atom is -0.379 e. The first kappa shape index (κ1) is 15.0. The maximum atomic E-state index is 6.18. The van der Waals surface area contributed by atoms with E-state index in [-0.39, 0.29) is 12.2 Å². The lowest BCUT2D eigenvalue weighted by Crippen LogP contribution is -2.31. The molecule has 0 amide bonds. The zero-order valence-electron chi connectivity index (χ0n) is 11.6. The van der Waals surface area contributed by atoms with Gasteiger partial charge >= 0.3 is 0 Å². The van der Waals surface area contributed by atoms with E-state index in [9.17, 15) is 0 Å². The van der Waals surface area contributed by atoms with E-state index in [1.54, 1.807) is 0 Å².